The standard InChI is InChI=1S/C15H23NO.C4H7NO/c1-2-3-4-8-13-16-15(17)12-11-14-9-6-5-7-10-14;1-2-3-5-4-6/h5-7,9-10H,2-4,8,11-13H2,1H3,(H,16,17);2,4H,1,3H2,(H,5,6). The summed E-state index contributed by atoms with van der Waals surface area (Å²) in [6.45, 7) is 6.96. The van der Waals surface area contributed by atoms with E-state index >= 15 is 0 Å². The topological polar surface area (TPSA) is 58.2 Å². The molecule has 0 bridgehead atoms. The highest BCUT2D eigenvalue weighted by Gasteiger charge is 2.00. The van der Waals surface area contributed by atoms with Crippen LogP contribution >= 0.6 is 0 Å². The van der Waals surface area contributed by atoms with Gasteiger partial charge in [-0.05, 0) is 18.4 Å². The first kappa shape index (κ1) is 20.9. The largest absolute Gasteiger partial charge is 0.356 e. The van der Waals surface area contributed by atoms with Gasteiger partial charge in [0.25, 0.3) is 0 Å². The van der Waals surface area contributed by atoms with E-state index < -0.39 is 0 Å². The van der Waals surface area contributed by atoms with Crippen LogP contribution in [0.2, 0.25) is 0 Å². The molecule has 4 heteroatoms. The number of rotatable bonds is 11. The molecule has 23 heavy (non-hydrogen) atoms. The predicted molar refractivity (Wildman–Crippen MR) is 96.2 cm³/mol. The molecule has 0 aliphatic heterocycles. The molecular weight excluding hydrogens is 288 g/mol. The molecule has 1 rings (SSSR count). The third-order valence-electron chi connectivity index (χ3n) is 3.18. The van der Waals surface area contributed by atoms with Gasteiger partial charge in [0.1, 0.15) is 0 Å². The molecule has 0 aliphatic carbocycles. The SMILES string of the molecule is C=CCNC=O.CCCCCCNC(=O)CCc1ccccc1. The Bertz CT molecular complexity index is 411. The molecule has 0 atom stereocenters. The van der Waals surface area contributed by atoms with E-state index in [1.165, 1.54) is 24.8 Å². The van der Waals surface area contributed by atoms with Crippen LogP contribution in [0, 0.1) is 0 Å². The van der Waals surface area contributed by atoms with Crippen LogP contribution in [0.1, 0.15) is 44.6 Å². The number of unbranched alkanes of at least 4 members (excludes halogenated alkanes) is 3. The number of carbonyl (C=O) groups excluding carboxylic acids is 2. The predicted octanol–water partition coefficient (Wildman–Crippen LogP) is 3.23. The van der Waals surface area contributed by atoms with Crippen LogP contribution in [0.5, 0.6) is 0 Å². The van der Waals surface area contributed by atoms with E-state index in [-0.39, 0.29) is 5.91 Å². The molecule has 0 aromatic heterocycles. The second-order valence-electron chi connectivity index (χ2n) is 5.21. The molecule has 2 amide bonds. The van der Waals surface area contributed by atoms with Crippen molar-refractivity contribution in [3.63, 3.8) is 0 Å². The summed E-state index contributed by atoms with van der Waals surface area (Å²) in [5.41, 5.74) is 1.23. The van der Waals surface area contributed by atoms with Crippen LogP contribution in [0.15, 0.2) is 43.0 Å². The van der Waals surface area contributed by atoms with Gasteiger partial charge in [-0.1, -0.05) is 62.6 Å². The van der Waals surface area contributed by atoms with E-state index in [1.54, 1.807) is 6.08 Å². The summed E-state index contributed by atoms with van der Waals surface area (Å²) in [5, 5.41) is 5.37. The Kier molecular flexibility index (Phi) is 14.8. The number of hydrogen-bond acceptors (Lipinski definition) is 2. The minimum atomic E-state index is 0.172. The zero-order valence-corrected chi connectivity index (χ0v) is 14.2. The quantitative estimate of drug-likeness (QED) is 0.374. The fourth-order valence-electron chi connectivity index (χ4n) is 1.90. The highest BCUT2D eigenvalue weighted by Crippen LogP contribution is 2.02. The van der Waals surface area contributed by atoms with Crippen molar-refractivity contribution in [3.8, 4) is 0 Å². The van der Waals surface area contributed by atoms with Gasteiger partial charge in [-0.15, -0.1) is 6.58 Å². The van der Waals surface area contributed by atoms with Gasteiger partial charge in [0.05, 0.1) is 0 Å². The van der Waals surface area contributed by atoms with Crippen LogP contribution in [-0.4, -0.2) is 25.4 Å². The van der Waals surface area contributed by atoms with Crippen molar-refractivity contribution in [3.05, 3.63) is 48.6 Å². The molecule has 0 fully saturated rings. The van der Waals surface area contributed by atoms with Crippen LogP contribution < -0.4 is 10.6 Å². The first-order valence-electron chi connectivity index (χ1n) is 8.33. The van der Waals surface area contributed by atoms with Crippen molar-refractivity contribution in [1.82, 2.24) is 10.6 Å². The lowest BCUT2D eigenvalue weighted by Gasteiger charge is -2.05. The van der Waals surface area contributed by atoms with Gasteiger partial charge in [0, 0.05) is 19.5 Å². The van der Waals surface area contributed by atoms with Gasteiger partial charge in [-0.2, -0.15) is 0 Å². The molecule has 4 nitrogen and oxygen atoms in total. The lowest BCUT2D eigenvalue weighted by atomic mass is 10.1. The van der Waals surface area contributed by atoms with Crippen LogP contribution in [0.3, 0.4) is 0 Å². The zero-order valence-electron chi connectivity index (χ0n) is 14.2. The van der Waals surface area contributed by atoms with Crippen LogP contribution in [0.4, 0.5) is 0 Å². The van der Waals surface area contributed by atoms with E-state index in [9.17, 15) is 9.59 Å². The number of aryl methyl sites for hydroxylation is 1. The van der Waals surface area contributed by atoms with Crippen molar-refractivity contribution < 1.29 is 9.59 Å². The Morgan fingerprint density at radius 1 is 1.17 bits per heavy atom. The highest BCUT2D eigenvalue weighted by atomic mass is 16.1. The Labute approximate surface area is 140 Å². The summed E-state index contributed by atoms with van der Waals surface area (Å²) in [7, 11) is 0. The number of nitrogens with one attached hydrogen (secondary N) is 2. The van der Waals surface area contributed by atoms with E-state index in [0.29, 0.717) is 19.4 Å². The maximum Gasteiger partial charge on any atom is 0.220 e. The van der Waals surface area contributed by atoms with Gasteiger partial charge in [-0.3, -0.25) is 9.59 Å². The van der Waals surface area contributed by atoms with Gasteiger partial charge in [0.15, 0.2) is 0 Å². The molecule has 0 spiro atoms. The molecule has 2 N–H and O–H groups in total. The van der Waals surface area contributed by atoms with Gasteiger partial charge >= 0.3 is 0 Å². The molecule has 1 aromatic rings. The fourth-order valence-corrected chi connectivity index (χ4v) is 1.90. The number of hydrogen-bond donors (Lipinski definition) is 2. The molecular formula is C19H30N2O2. The Morgan fingerprint density at radius 2 is 1.91 bits per heavy atom. The summed E-state index contributed by atoms with van der Waals surface area (Å²) < 4.78 is 0. The summed E-state index contributed by atoms with van der Waals surface area (Å²) in [4.78, 5) is 20.9. The van der Waals surface area contributed by atoms with Crippen molar-refractivity contribution in [2.75, 3.05) is 13.1 Å². The maximum atomic E-state index is 11.5. The van der Waals surface area contributed by atoms with E-state index in [1.807, 2.05) is 18.2 Å². The lowest BCUT2D eigenvalue weighted by molar-refractivity contribution is -0.121. The molecule has 0 radical (unpaired) electrons. The van der Waals surface area contributed by atoms with E-state index in [4.69, 9.17) is 0 Å². The number of carbonyl (C=O) groups is 2. The van der Waals surface area contributed by atoms with Crippen LogP contribution in [0.25, 0.3) is 0 Å². The third kappa shape index (κ3) is 14.6. The maximum absolute atomic E-state index is 11.5. The second kappa shape index (κ2) is 16.3. The highest BCUT2D eigenvalue weighted by molar-refractivity contribution is 5.76. The fraction of sp³-hybridized carbons (Fsp3) is 0.474. The number of benzene rings is 1. The van der Waals surface area contributed by atoms with E-state index in [0.717, 1.165) is 19.4 Å². The smallest absolute Gasteiger partial charge is 0.220 e. The van der Waals surface area contributed by atoms with Crippen LogP contribution in [-0.2, 0) is 16.0 Å². The van der Waals surface area contributed by atoms with Crippen molar-refractivity contribution >= 4 is 12.3 Å². The third-order valence-corrected chi connectivity index (χ3v) is 3.18. The summed E-state index contributed by atoms with van der Waals surface area (Å²) in [6.07, 6.45) is 8.51. The summed E-state index contributed by atoms with van der Waals surface area (Å²) in [5.74, 6) is 0.172. The molecule has 0 saturated carbocycles. The normalized spacial score (nSPS) is 9.26. The first-order valence-corrected chi connectivity index (χ1v) is 8.33. The zero-order chi connectivity index (χ0) is 17.2. The Balaban J connectivity index is 0.000000688. The molecule has 0 unspecified atom stereocenters. The molecule has 1 aromatic carbocycles. The summed E-state index contributed by atoms with van der Waals surface area (Å²) in [6, 6.07) is 10.1. The lowest BCUT2D eigenvalue weighted by Crippen LogP contribution is -2.24. The number of amides is 2. The monoisotopic (exact) mass is 318 g/mol. The van der Waals surface area contributed by atoms with E-state index in [2.05, 4.69) is 36.3 Å². The van der Waals surface area contributed by atoms with Crippen molar-refractivity contribution in [1.29, 1.82) is 0 Å². The molecule has 0 aliphatic rings. The Hall–Kier alpha value is -2.10. The first-order chi connectivity index (χ1) is 11.2. The second-order valence-corrected chi connectivity index (χ2v) is 5.21. The summed E-state index contributed by atoms with van der Waals surface area (Å²) >= 11 is 0. The van der Waals surface area contributed by atoms with Gasteiger partial charge < -0.3 is 10.6 Å². The average Bonchev–Trinajstić information content (AvgIpc) is 2.59. The minimum absolute atomic E-state index is 0.172. The van der Waals surface area contributed by atoms with Gasteiger partial charge in [0.2, 0.25) is 12.3 Å². The minimum Gasteiger partial charge on any atom is -0.356 e. The van der Waals surface area contributed by atoms with Crippen molar-refractivity contribution in [2.24, 2.45) is 0 Å². The van der Waals surface area contributed by atoms with Crippen molar-refractivity contribution in [2.45, 2.75) is 45.4 Å². The molecule has 128 valence electrons. The van der Waals surface area contributed by atoms with Gasteiger partial charge in [-0.25, -0.2) is 0 Å². The average molecular weight is 318 g/mol. The Morgan fingerprint density at radius 3 is 2.48 bits per heavy atom. The molecule has 0 saturated heterocycles. The molecule has 0 heterocycles.